The van der Waals surface area contributed by atoms with Gasteiger partial charge in [0.1, 0.15) is 17.7 Å². The number of nitrogens with one attached hydrogen (secondary N) is 3. The molecule has 0 aromatic heterocycles. The minimum Gasteiger partial charge on any atom is -0.391 e. The molecule has 3 aliphatic carbocycles. The van der Waals surface area contributed by atoms with Crippen LogP contribution in [0.1, 0.15) is 65.7 Å². The maximum absolute atomic E-state index is 13.7. The zero-order valence-electron chi connectivity index (χ0n) is 22.0. The van der Waals surface area contributed by atoms with E-state index in [0.717, 1.165) is 18.9 Å². The summed E-state index contributed by atoms with van der Waals surface area (Å²) in [6.07, 6.45) is 2.68. The number of nitrogens with zero attached hydrogens (tertiary/aromatic N) is 1. The summed E-state index contributed by atoms with van der Waals surface area (Å²) in [5.41, 5.74) is -4.58. The van der Waals surface area contributed by atoms with E-state index in [1.165, 1.54) is 4.90 Å². The van der Waals surface area contributed by atoms with Crippen molar-refractivity contribution in [1.82, 2.24) is 20.3 Å². The lowest BCUT2D eigenvalue weighted by atomic mass is 9.85. The van der Waals surface area contributed by atoms with E-state index >= 15 is 0 Å². The quantitative estimate of drug-likeness (QED) is 0.215. The molecule has 13 heteroatoms. The molecule has 3 saturated carbocycles. The zero-order valence-corrected chi connectivity index (χ0v) is 22.8. The molecule has 0 aromatic carbocycles. The summed E-state index contributed by atoms with van der Waals surface area (Å²) in [5.74, 6) is -2.42. The van der Waals surface area contributed by atoms with Gasteiger partial charge in [0.25, 0.3) is 5.91 Å². The van der Waals surface area contributed by atoms with Crippen LogP contribution >= 0.6 is 0 Å². The van der Waals surface area contributed by atoms with E-state index in [2.05, 4.69) is 17.2 Å². The third kappa shape index (κ3) is 5.59. The van der Waals surface area contributed by atoms with E-state index in [0.29, 0.717) is 25.2 Å². The standard InChI is InChI=1S/C25H38N4O8S/c1-5-24(35)13-25(24,22(34)28-38(36,37)16-8-9-16)27-20(32)17-11-15(30)12-29(17)21(33)19(23(2,3)4)26-18(31)10-14-6-7-14/h5,14-17,19,30,35H,1,6-13H2,2-4H3,(H,26,31)(H,27,32)(H,28,34)/t15-,17+,19-,24?,25+/m1/s1. The Bertz CT molecular complexity index is 1140. The van der Waals surface area contributed by atoms with Crippen LogP contribution in [0.4, 0.5) is 0 Å². The fourth-order valence-electron chi connectivity index (χ4n) is 4.99. The van der Waals surface area contributed by atoms with Crippen LogP contribution in [0.3, 0.4) is 0 Å². The highest BCUT2D eigenvalue weighted by Gasteiger charge is 2.72. The highest BCUT2D eigenvalue weighted by Crippen LogP contribution is 2.49. The van der Waals surface area contributed by atoms with Crippen molar-refractivity contribution >= 4 is 33.7 Å². The Morgan fingerprint density at radius 1 is 1.16 bits per heavy atom. The van der Waals surface area contributed by atoms with Crippen LogP contribution in [-0.2, 0) is 29.2 Å². The second-order valence-electron chi connectivity index (χ2n) is 12.3. The predicted octanol–water partition coefficient (Wildman–Crippen LogP) is -0.937. The number of carbonyl (C=O) groups is 4. The molecule has 38 heavy (non-hydrogen) atoms. The highest BCUT2D eigenvalue weighted by atomic mass is 32.2. The molecule has 0 spiro atoms. The van der Waals surface area contributed by atoms with Crippen LogP contribution < -0.4 is 15.4 Å². The predicted molar refractivity (Wildman–Crippen MR) is 136 cm³/mol. The SMILES string of the molecule is C=CC1(O)C[C@]1(NC(=O)[C@@H]1C[C@@H](O)CN1C(=O)[C@@H](NC(=O)CC1CC1)C(C)(C)C)C(=O)NS(=O)(=O)C1CC1. The van der Waals surface area contributed by atoms with Crippen molar-refractivity contribution in [2.75, 3.05) is 6.54 Å². The highest BCUT2D eigenvalue weighted by molar-refractivity contribution is 7.91. The maximum atomic E-state index is 13.7. The first kappa shape index (κ1) is 28.5. The van der Waals surface area contributed by atoms with E-state index in [1.807, 2.05) is 4.72 Å². The average Bonchev–Trinajstić information content (AvgIpc) is 3.70. The molecule has 4 aliphatic rings. The molecular weight excluding hydrogens is 516 g/mol. The molecule has 12 nitrogen and oxygen atoms in total. The van der Waals surface area contributed by atoms with Crippen LogP contribution in [0.2, 0.25) is 0 Å². The largest absolute Gasteiger partial charge is 0.391 e. The first-order valence-electron chi connectivity index (χ1n) is 13.0. The van der Waals surface area contributed by atoms with Crippen LogP contribution in [0, 0.1) is 11.3 Å². The van der Waals surface area contributed by atoms with E-state index in [9.17, 15) is 37.8 Å². The van der Waals surface area contributed by atoms with Gasteiger partial charge in [0, 0.05) is 25.8 Å². The molecular formula is C25H38N4O8S. The molecule has 1 heterocycles. The summed E-state index contributed by atoms with van der Waals surface area (Å²) in [5, 5.41) is 25.7. The monoisotopic (exact) mass is 554 g/mol. The molecule has 0 radical (unpaired) electrons. The lowest BCUT2D eigenvalue weighted by molar-refractivity contribution is -0.144. The first-order valence-corrected chi connectivity index (χ1v) is 14.6. The molecule has 4 amide bonds. The number of hydrogen-bond donors (Lipinski definition) is 5. The van der Waals surface area contributed by atoms with Crippen molar-refractivity contribution in [2.45, 2.75) is 100 Å². The Kier molecular flexibility index (Phi) is 7.20. The topological polar surface area (TPSA) is 182 Å². The average molecular weight is 555 g/mol. The van der Waals surface area contributed by atoms with Gasteiger partial charge in [0.15, 0.2) is 5.54 Å². The lowest BCUT2D eigenvalue weighted by Gasteiger charge is -2.35. The summed E-state index contributed by atoms with van der Waals surface area (Å²) in [7, 11) is -3.96. The van der Waals surface area contributed by atoms with Crippen molar-refractivity contribution in [3.05, 3.63) is 12.7 Å². The Hall–Kier alpha value is -2.51. The van der Waals surface area contributed by atoms with Gasteiger partial charge in [-0.1, -0.05) is 26.8 Å². The van der Waals surface area contributed by atoms with E-state index in [-0.39, 0.29) is 25.3 Å². The molecule has 1 saturated heterocycles. The minimum atomic E-state index is -3.96. The summed E-state index contributed by atoms with van der Waals surface area (Å²) < 4.78 is 26.7. The molecule has 5 N–H and O–H groups in total. The van der Waals surface area contributed by atoms with Crippen LogP contribution in [0.25, 0.3) is 0 Å². The maximum Gasteiger partial charge on any atom is 0.262 e. The van der Waals surface area contributed by atoms with Crippen molar-refractivity contribution in [3.63, 3.8) is 0 Å². The number of aliphatic hydroxyl groups excluding tert-OH is 1. The molecule has 4 fully saturated rings. The number of amides is 4. The van der Waals surface area contributed by atoms with E-state index in [4.69, 9.17) is 0 Å². The first-order chi connectivity index (χ1) is 17.5. The third-order valence-electron chi connectivity index (χ3n) is 7.86. The number of sulfonamides is 1. The van der Waals surface area contributed by atoms with Gasteiger partial charge in [-0.2, -0.15) is 0 Å². The molecule has 4 rings (SSSR count). The summed E-state index contributed by atoms with van der Waals surface area (Å²) in [6.45, 7) is 8.68. The van der Waals surface area contributed by atoms with Gasteiger partial charge in [-0.05, 0) is 37.0 Å². The molecule has 212 valence electrons. The summed E-state index contributed by atoms with van der Waals surface area (Å²) in [6, 6.07) is -2.18. The molecule has 5 atom stereocenters. The third-order valence-corrected chi connectivity index (χ3v) is 9.68. The van der Waals surface area contributed by atoms with Gasteiger partial charge in [0.2, 0.25) is 27.7 Å². The van der Waals surface area contributed by atoms with Crippen molar-refractivity contribution in [3.8, 4) is 0 Å². The van der Waals surface area contributed by atoms with Gasteiger partial charge in [-0.15, -0.1) is 6.58 Å². The van der Waals surface area contributed by atoms with Gasteiger partial charge in [0.05, 0.1) is 11.4 Å². The molecule has 1 aliphatic heterocycles. The number of rotatable bonds is 10. The second-order valence-corrected chi connectivity index (χ2v) is 14.2. The normalized spacial score (nSPS) is 31.8. The molecule has 1 unspecified atom stereocenters. The Morgan fingerprint density at radius 3 is 2.29 bits per heavy atom. The van der Waals surface area contributed by atoms with Gasteiger partial charge in [-0.3, -0.25) is 23.9 Å². The summed E-state index contributed by atoms with van der Waals surface area (Å²) >= 11 is 0. The van der Waals surface area contributed by atoms with Crippen molar-refractivity contribution < 1.29 is 37.8 Å². The number of β-amino-alcohol motifs (C(OH)–C–C–N with tert-alkyl or cyclic N) is 1. The van der Waals surface area contributed by atoms with E-state index in [1.54, 1.807) is 20.8 Å². The summed E-state index contributed by atoms with van der Waals surface area (Å²) in [4.78, 5) is 53.9. The second kappa shape index (κ2) is 9.60. The Labute approximate surface area is 222 Å². The van der Waals surface area contributed by atoms with Gasteiger partial charge in [-0.25, -0.2) is 8.42 Å². The Morgan fingerprint density at radius 2 is 1.79 bits per heavy atom. The van der Waals surface area contributed by atoms with Crippen LogP contribution in [-0.4, -0.2) is 88.3 Å². The Balaban J connectivity index is 1.52. The van der Waals surface area contributed by atoms with Crippen molar-refractivity contribution in [1.29, 1.82) is 0 Å². The zero-order chi connectivity index (χ0) is 28.3. The van der Waals surface area contributed by atoms with E-state index < -0.39 is 67.7 Å². The van der Waals surface area contributed by atoms with Crippen LogP contribution in [0.5, 0.6) is 0 Å². The molecule has 0 aromatic rings. The van der Waals surface area contributed by atoms with Crippen LogP contribution in [0.15, 0.2) is 12.7 Å². The van der Waals surface area contributed by atoms with Gasteiger partial charge < -0.3 is 25.7 Å². The minimum absolute atomic E-state index is 0.130. The van der Waals surface area contributed by atoms with Gasteiger partial charge >= 0.3 is 0 Å². The van der Waals surface area contributed by atoms with Crippen molar-refractivity contribution in [2.24, 2.45) is 11.3 Å². The number of likely N-dealkylation sites (tertiary alicyclic amines) is 1. The fraction of sp³-hybridized carbons (Fsp3) is 0.760. The number of carbonyl (C=O) groups excluding carboxylic acids is 4. The smallest absolute Gasteiger partial charge is 0.262 e. The lowest BCUT2D eigenvalue weighted by Crippen LogP contribution is -2.61. The molecule has 0 bridgehead atoms. The fourth-order valence-corrected chi connectivity index (χ4v) is 6.34. The number of aliphatic hydroxyl groups is 2. The number of hydrogen-bond acceptors (Lipinski definition) is 8.